The molecule has 3 heterocycles. The Kier molecular flexibility index (Phi) is 4.32. The maximum absolute atomic E-state index is 12.3. The number of likely N-dealkylation sites (N-methyl/N-ethyl adjacent to an activating group) is 1. The number of hydrogen-bond acceptors (Lipinski definition) is 4. The van der Waals surface area contributed by atoms with Gasteiger partial charge in [0.25, 0.3) is 0 Å². The van der Waals surface area contributed by atoms with Crippen molar-refractivity contribution >= 4 is 17.0 Å². The van der Waals surface area contributed by atoms with E-state index in [2.05, 4.69) is 41.3 Å². The SMILES string of the molecule is CN1CC(COC(=O)N2CCOCC2)C[C@H]2c3cccc4[nH]cc(c34)C[C@@H]21. The van der Waals surface area contributed by atoms with Crippen molar-refractivity contribution in [3.8, 4) is 0 Å². The van der Waals surface area contributed by atoms with Crippen molar-refractivity contribution in [2.75, 3.05) is 46.5 Å². The minimum absolute atomic E-state index is 0.193. The van der Waals surface area contributed by atoms with E-state index < -0.39 is 0 Å². The summed E-state index contributed by atoms with van der Waals surface area (Å²) >= 11 is 0. The number of aromatic amines is 1. The predicted octanol–water partition coefficient (Wildman–Crippen LogP) is 2.60. The van der Waals surface area contributed by atoms with Gasteiger partial charge in [0.1, 0.15) is 0 Å². The third-order valence-electron chi connectivity index (χ3n) is 6.52. The summed E-state index contributed by atoms with van der Waals surface area (Å²) in [7, 11) is 2.21. The van der Waals surface area contributed by atoms with Crippen molar-refractivity contribution in [1.82, 2.24) is 14.8 Å². The first-order valence-electron chi connectivity index (χ1n) is 9.99. The molecule has 1 unspecified atom stereocenters. The molecule has 1 N–H and O–H groups in total. The summed E-state index contributed by atoms with van der Waals surface area (Å²) in [6, 6.07) is 7.14. The van der Waals surface area contributed by atoms with Gasteiger partial charge in [0.15, 0.2) is 0 Å². The number of rotatable bonds is 2. The molecule has 6 nitrogen and oxygen atoms in total. The van der Waals surface area contributed by atoms with Gasteiger partial charge in [-0.1, -0.05) is 12.1 Å². The average molecular weight is 369 g/mol. The van der Waals surface area contributed by atoms with E-state index in [4.69, 9.17) is 9.47 Å². The fraction of sp³-hybridized carbons (Fsp3) is 0.571. The summed E-state index contributed by atoms with van der Waals surface area (Å²) in [5.41, 5.74) is 4.13. The Balaban J connectivity index is 1.30. The number of nitrogens with zero attached hydrogens (tertiary/aromatic N) is 2. The molecule has 6 heteroatoms. The van der Waals surface area contributed by atoms with Crippen molar-refractivity contribution in [3.05, 3.63) is 35.5 Å². The van der Waals surface area contributed by atoms with Crippen molar-refractivity contribution in [2.45, 2.75) is 24.8 Å². The minimum atomic E-state index is -0.193. The van der Waals surface area contributed by atoms with E-state index in [1.54, 1.807) is 4.90 Å². The standard InChI is InChI=1S/C21H27N3O3/c1-23-12-14(13-27-21(25)24-5-7-26-8-6-24)9-17-16-3-2-4-18-20(16)15(11-22-18)10-19(17)23/h2-4,11,14,17,19,22H,5-10,12-13H2,1H3/t14?,17-,19-/m0/s1. The number of amides is 1. The molecule has 1 aromatic heterocycles. The lowest BCUT2D eigenvalue weighted by molar-refractivity contribution is 0.0132. The molecule has 2 saturated heterocycles. The van der Waals surface area contributed by atoms with Crippen LogP contribution in [0.1, 0.15) is 23.5 Å². The Morgan fingerprint density at radius 3 is 3.04 bits per heavy atom. The van der Waals surface area contributed by atoms with Gasteiger partial charge < -0.3 is 24.3 Å². The van der Waals surface area contributed by atoms with Crippen molar-refractivity contribution in [2.24, 2.45) is 5.92 Å². The summed E-state index contributed by atoms with van der Waals surface area (Å²) < 4.78 is 11.0. The van der Waals surface area contributed by atoms with Gasteiger partial charge in [0.2, 0.25) is 0 Å². The van der Waals surface area contributed by atoms with E-state index in [1.165, 1.54) is 22.0 Å². The quantitative estimate of drug-likeness (QED) is 0.884. The van der Waals surface area contributed by atoms with Crippen molar-refractivity contribution in [3.63, 3.8) is 0 Å². The lowest BCUT2D eigenvalue weighted by Gasteiger charge is -2.45. The number of fused-ring (bicyclic) bond motifs is 2. The number of hydrogen-bond donors (Lipinski definition) is 1. The zero-order chi connectivity index (χ0) is 18.4. The Labute approximate surface area is 159 Å². The first-order chi connectivity index (χ1) is 13.2. The number of piperidine rings is 1. The second-order valence-corrected chi connectivity index (χ2v) is 8.18. The molecule has 1 aliphatic carbocycles. The maximum atomic E-state index is 12.3. The van der Waals surface area contributed by atoms with Gasteiger partial charge in [-0.15, -0.1) is 0 Å². The van der Waals surface area contributed by atoms with Crippen LogP contribution in [-0.2, 0) is 15.9 Å². The first-order valence-corrected chi connectivity index (χ1v) is 9.99. The fourth-order valence-electron chi connectivity index (χ4n) is 5.20. The predicted molar refractivity (Wildman–Crippen MR) is 103 cm³/mol. The third kappa shape index (κ3) is 3.01. The molecule has 1 aromatic carbocycles. The van der Waals surface area contributed by atoms with E-state index in [0.29, 0.717) is 50.8 Å². The highest BCUT2D eigenvalue weighted by atomic mass is 16.6. The summed E-state index contributed by atoms with van der Waals surface area (Å²) in [4.78, 5) is 20.0. The van der Waals surface area contributed by atoms with E-state index in [0.717, 1.165) is 19.4 Å². The molecular weight excluding hydrogens is 342 g/mol. The maximum Gasteiger partial charge on any atom is 0.409 e. The van der Waals surface area contributed by atoms with Crippen LogP contribution in [0.5, 0.6) is 0 Å². The number of aromatic nitrogens is 1. The second-order valence-electron chi connectivity index (χ2n) is 8.18. The molecule has 2 aliphatic heterocycles. The van der Waals surface area contributed by atoms with Gasteiger partial charge in [-0.3, -0.25) is 0 Å². The zero-order valence-corrected chi connectivity index (χ0v) is 15.8. The lowest BCUT2D eigenvalue weighted by Crippen LogP contribution is -2.49. The monoisotopic (exact) mass is 369 g/mol. The topological polar surface area (TPSA) is 57.8 Å². The van der Waals surface area contributed by atoms with E-state index in [-0.39, 0.29) is 6.09 Å². The molecule has 0 saturated carbocycles. The summed E-state index contributed by atoms with van der Waals surface area (Å²) in [5, 5.41) is 1.41. The largest absolute Gasteiger partial charge is 0.449 e. The van der Waals surface area contributed by atoms with Crippen LogP contribution in [0.3, 0.4) is 0 Å². The number of morpholine rings is 1. The summed E-state index contributed by atoms with van der Waals surface area (Å²) in [5.74, 6) is 0.875. The van der Waals surface area contributed by atoms with Gasteiger partial charge in [0, 0.05) is 54.6 Å². The second kappa shape index (κ2) is 6.84. The van der Waals surface area contributed by atoms with Gasteiger partial charge in [-0.25, -0.2) is 4.79 Å². The van der Waals surface area contributed by atoms with E-state index in [9.17, 15) is 4.79 Å². The Bertz CT molecular complexity index is 842. The molecular formula is C21H27N3O3. The molecule has 1 amide bonds. The number of benzene rings is 1. The fourth-order valence-corrected chi connectivity index (χ4v) is 5.20. The Hall–Kier alpha value is -2.05. The molecule has 144 valence electrons. The Morgan fingerprint density at radius 1 is 1.33 bits per heavy atom. The normalized spacial score (nSPS) is 28.2. The van der Waals surface area contributed by atoms with Gasteiger partial charge >= 0.3 is 6.09 Å². The molecule has 0 bridgehead atoms. The summed E-state index contributed by atoms with van der Waals surface area (Å²) in [6.45, 7) is 3.95. The van der Waals surface area contributed by atoms with Gasteiger partial charge in [-0.2, -0.15) is 0 Å². The van der Waals surface area contributed by atoms with Crippen LogP contribution < -0.4 is 0 Å². The van der Waals surface area contributed by atoms with Crippen LogP contribution in [0.25, 0.3) is 10.9 Å². The molecule has 3 aliphatic rings. The molecule has 0 spiro atoms. The van der Waals surface area contributed by atoms with Crippen LogP contribution >= 0.6 is 0 Å². The first kappa shape index (κ1) is 17.1. The highest BCUT2D eigenvalue weighted by molar-refractivity contribution is 5.88. The van der Waals surface area contributed by atoms with Crippen LogP contribution in [0.4, 0.5) is 4.79 Å². The Morgan fingerprint density at radius 2 is 2.19 bits per heavy atom. The number of likely N-dealkylation sites (tertiary alicyclic amines) is 1. The molecule has 2 fully saturated rings. The molecule has 27 heavy (non-hydrogen) atoms. The number of carbonyl (C=O) groups excluding carboxylic acids is 1. The molecule has 5 rings (SSSR count). The summed E-state index contributed by atoms with van der Waals surface area (Å²) in [6.07, 6.45) is 4.16. The number of H-pyrrole nitrogens is 1. The number of carbonyl (C=O) groups is 1. The van der Waals surface area contributed by atoms with Crippen LogP contribution in [0, 0.1) is 5.92 Å². The number of nitrogens with one attached hydrogen (secondary N) is 1. The molecule has 3 atom stereocenters. The average Bonchev–Trinajstić information content (AvgIpc) is 3.12. The molecule has 0 radical (unpaired) electrons. The van der Waals surface area contributed by atoms with Crippen LogP contribution in [0.2, 0.25) is 0 Å². The highest BCUT2D eigenvalue weighted by Gasteiger charge is 2.39. The van der Waals surface area contributed by atoms with Crippen LogP contribution in [-0.4, -0.2) is 73.4 Å². The van der Waals surface area contributed by atoms with E-state index >= 15 is 0 Å². The van der Waals surface area contributed by atoms with Crippen LogP contribution in [0.15, 0.2) is 24.4 Å². The van der Waals surface area contributed by atoms with Gasteiger partial charge in [0.05, 0.1) is 19.8 Å². The zero-order valence-electron chi connectivity index (χ0n) is 15.8. The van der Waals surface area contributed by atoms with Crippen molar-refractivity contribution < 1.29 is 14.3 Å². The van der Waals surface area contributed by atoms with Crippen molar-refractivity contribution in [1.29, 1.82) is 0 Å². The highest BCUT2D eigenvalue weighted by Crippen LogP contribution is 2.44. The lowest BCUT2D eigenvalue weighted by atomic mass is 9.72. The third-order valence-corrected chi connectivity index (χ3v) is 6.52. The van der Waals surface area contributed by atoms with Gasteiger partial charge in [-0.05, 0) is 37.1 Å². The number of ether oxygens (including phenoxy) is 2. The van der Waals surface area contributed by atoms with E-state index in [1.807, 2.05) is 0 Å². The molecule has 2 aromatic rings. The smallest absolute Gasteiger partial charge is 0.409 e. The minimum Gasteiger partial charge on any atom is -0.449 e.